The highest BCUT2D eigenvalue weighted by molar-refractivity contribution is 5.90. The van der Waals surface area contributed by atoms with Crippen LogP contribution in [0.3, 0.4) is 0 Å². The summed E-state index contributed by atoms with van der Waals surface area (Å²) in [5.74, 6) is 4.20. The summed E-state index contributed by atoms with van der Waals surface area (Å²) < 4.78 is 46.7. The quantitative estimate of drug-likeness (QED) is 0.0716. The largest absolute Gasteiger partial charge is 0.491 e. The van der Waals surface area contributed by atoms with Crippen LogP contribution in [0.25, 0.3) is 32.7 Å². The molecular formula is C57H50O10. The molecule has 1 aliphatic carbocycles. The number of fused-ring (bicyclic) bond motifs is 5. The van der Waals surface area contributed by atoms with E-state index in [2.05, 4.69) is 72.8 Å². The molecule has 0 saturated carbocycles. The third-order valence-electron chi connectivity index (χ3n) is 12.6. The second-order valence-corrected chi connectivity index (χ2v) is 17.3. The van der Waals surface area contributed by atoms with Crippen molar-refractivity contribution in [1.29, 1.82) is 0 Å². The third-order valence-corrected chi connectivity index (χ3v) is 12.6. The van der Waals surface area contributed by atoms with E-state index in [1.807, 2.05) is 97.1 Å². The van der Waals surface area contributed by atoms with E-state index in [4.69, 9.17) is 37.9 Å². The van der Waals surface area contributed by atoms with E-state index in [9.17, 15) is 10.2 Å². The zero-order valence-electron chi connectivity index (χ0n) is 36.8. The molecule has 0 radical (unpaired) electrons. The maximum atomic E-state index is 11.0. The zero-order valence-corrected chi connectivity index (χ0v) is 36.8. The Labute approximate surface area is 388 Å². The maximum Gasteiger partial charge on any atom is 0.127 e. The Morgan fingerprint density at radius 3 is 1.36 bits per heavy atom. The number of rotatable bonds is 20. The summed E-state index contributed by atoms with van der Waals surface area (Å²) in [4.78, 5) is 0. The monoisotopic (exact) mass is 894 g/mol. The first-order valence-electron chi connectivity index (χ1n) is 22.8. The van der Waals surface area contributed by atoms with Gasteiger partial charge in [-0.2, -0.15) is 0 Å². The average molecular weight is 895 g/mol. The molecular weight excluding hydrogens is 845 g/mol. The highest BCUT2D eigenvalue weighted by Crippen LogP contribution is 2.56. The Morgan fingerprint density at radius 2 is 0.851 bits per heavy atom. The van der Waals surface area contributed by atoms with E-state index < -0.39 is 17.6 Å². The van der Waals surface area contributed by atoms with Gasteiger partial charge in [0, 0.05) is 10.8 Å². The van der Waals surface area contributed by atoms with Gasteiger partial charge in [0.1, 0.15) is 98.6 Å². The van der Waals surface area contributed by atoms with Crippen molar-refractivity contribution in [2.75, 3.05) is 52.9 Å². The maximum absolute atomic E-state index is 11.0. The van der Waals surface area contributed by atoms with Gasteiger partial charge in [-0.15, -0.1) is 0 Å². The molecule has 10 nitrogen and oxygen atoms in total. The van der Waals surface area contributed by atoms with Crippen molar-refractivity contribution in [3.8, 4) is 45.6 Å². The fourth-order valence-electron chi connectivity index (χ4n) is 9.08. The molecule has 10 heteroatoms. The number of benzene rings is 8. The number of epoxide rings is 2. The van der Waals surface area contributed by atoms with Crippen LogP contribution < -0.4 is 28.4 Å². The summed E-state index contributed by atoms with van der Waals surface area (Å²) in [6.07, 6.45) is -1.36. The minimum absolute atomic E-state index is 0.0571. The van der Waals surface area contributed by atoms with Gasteiger partial charge >= 0.3 is 0 Å². The molecule has 2 heterocycles. The minimum Gasteiger partial charge on any atom is -0.491 e. The molecule has 3 aliphatic rings. The van der Waals surface area contributed by atoms with Crippen molar-refractivity contribution in [2.45, 2.75) is 29.8 Å². The first-order chi connectivity index (χ1) is 33.0. The van der Waals surface area contributed by atoms with Crippen LogP contribution in [0.15, 0.2) is 170 Å². The topological polar surface area (TPSA) is 121 Å². The lowest BCUT2D eigenvalue weighted by molar-refractivity contribution is 0.0627. The molecule has 0 aromatic heterocycles. The van der Waals surface area contributed by atoms with Gasteiger partial charge in [0.25, 0.3) is 0 Å². The van der Waals surface area contributed by atoms with Crippen LogP contribution in [0.1, 0.15) is 22.3 Å². The van der Waals surface area contributed by atoms with Gasteiger partial charge in [0.05, 0.1) is 18.6 Å². The minimum atomic E-state index is -0.864. The van der Waals surface area contributed by atoms with Crippen molar-refractivity contribution in [2.24, 2.45) is 0 Å². The first-order valence-corrected chi connectivity index (χ1v) is 22.8. The predicted molar refractivity (Wildman–Crippen MR) is 256 cm³/mol. The summed E-state index contributed by atoms with van der Waals surface area (Å²) >= 11 is 0. The Morgan fingerprint density at radius 1 is 0.433 bits per heavy atom. The molecule has 2 N–H and O–H groups in total. The second kappa shape index (κ2) is 18.7. The summed E-state index contributed by atoms with van der Waals surface area (Å²) in [6.45, 7) is 2.82. The Hall–Kier alpha value is -7.08. The average Bonchev–Trinajstić information content (AvgIpc) is 4.33. The molecule has 8 aromatic carbocycles. The third kappa shape index (κ3) is 9.09. The molecule has 2 aliphatic heterocycles. The van der Waals surface area contributed by atoms with E-state index in [0.29, 0.717) is 36.2 Å². The lowest BCUT2D eigenvalue weighted by atomic mass is 9.68. The number of aliphatic hydroxyl groups excluding tert-OH is 2. The van der Waals surface area contributed by atoms with Crippen LogP contribution in [0.4, 0.5) is 0 Å². The van der Waals surface area contributed by atoms with Crippen molar-refractivity contribution in [3.63, 3.8) is 0 Å². The number of aliphatic hydroxyl groups is 2. The molecule has 0 bridgehead atoms. The lowest BCUT2D eigenvalue weighted by Crippen LogP contribution is -2.28. The van der Waals surface area contributed by atoms with Gasteiger partial charge < -0.3 is 48.1 Å². The van der Waals surface area contributed by atoms with E-state index >= 15 is 0 Å². The number of hydrogen-bond acceptors (Lipinski definition) is 10. The standard InChI is InChI=1S/C57H50O10/c58-41(31-62-45-23-25-50-37(27-45)8-6-14-56(50)67-36-48-35-65-48)29-60-43-19-15-39(16-20-43)57(53-11-3-1-9-51(53)52-10-2-4-12-54(52)57)40-17-21-44(22-18-40)61-30-42(59)32-66-55-13-5-7-38-28-46(24-26-49(38)55)63-33-47-34-64-47/h1-28,41-42,47-48,58-59H,29-36H2. The molecule has 0 amide bonds. The van der Waals surface area contributed by atoms with Gasteiger partial charge in [0.15, 0.2) is 0 Å². The van der Waals surface area contributed by atoms with Crippen molar-refractivity contribution in [1.82, 2.24) is 0 Å². The number of ether oxygens (including phenoxy) is 8. The Kier molecular flexibility index (Phi) is 11.9. The van der Waals surface area contributed by atoms with Gasteiger partial charge in [-0.1, -0.05) is 97.1 Å². The summed E-state index contributed by atoms with van der Waals surface area (Å²) in [6, 6.07) is 56.9. The zero-order chi connectivity index (χ0) is 45.2. The molecule has 0 spiro atoms. The second-order valence-electron chi connectivity index (χ2n) is 17.3. The van der Waals surface area contributed by atoms with Crippen LogP contribution in [-0.2, 0) is 14.9 Å². The first kappa shape index (κ1) is 42.5. The molecule has 4 unspecified atom stereocenters. The SMILES string of the molecule is OC(COc1ccc(C2(c3ccc(OCC(O)COc4cccc5cc(OCC6CO6)ccc45)cc3)c3ccccc3-c3ccccc32)cc1)COc1ccc2c(OCC3CO3)cccc2c1. The smallest absolute Gasteiger partial charge is 0.127 e. The van der Waals surface area contributed by atoms with Crippen molar-refractivity contribution >= 4 is 21.5 Å². The Bertz CT molecular complexity index is 2950. The predicted octanol–water partition coefficient (Wildman–Crippen LogP) is 9.55. The fourth-order valence-corrected chi connectivity index (χ4v) is 9.08. The molecule has 67 heavy (non-hydrogen) atoms. The van der Waals surface area contributed by atoms with E-state index in [1.54, 1.807) is 0 Å². The van der Waals surface area contributed by atoms with Crippen molar-refractivity contribution < 1.29 is 48.1 Å². The lowest BCUT2D eigenvalue weighted by Gasteiger charge is -2.34. The van der Waals surface area contributed by atoms with Gasteiger partial charge in [0.2, 0.25) is 0 Å². The van der Waals surface area contributed by atoms with Crippen LogP contribution in [0.2, 0.25) is 0 Å². The van der Waals surface area contributed by atoms with Crippen molar-refractivity contribution in [3.05, 3.63) is 192 Å². The summed E-state index contributed by atoms with van der Waals surface area (Å²) in [5, 5.41) is 25.8. The van der Waals surface area contributed by atoms with Gasteiger partial charge in [-0.25, -0.2) is 0 Å². The van der Waals surface area contributed by atoms with E-state index in [1.165, 1.54) is 22.3 Å². The highest BCUT2D eigenvalue weighted by Gasteiger charge is 2.46. The number of hydrogen-bond donors (Lipinski definition) is 2. The molecule has 338 valence electrons. The fraction of sp³-hybridized carbons (Fsp3) is 0.228. The van der Waals surface area contributed by atoms with E-state index in [-0.39, 0.29) is 38.6 Å². The Balaban J connectivity index is 0.751. The summed E-state index contributed by atoms with van der Waals surface area (Å²) in [5.41, 5.74) is 6.20. The molecule has 2 saturated heterocycles. The normalized spacial score (nSPS) is 17.2. The van der Waals surface area contributed by atoms with Crippen LogP contribution >= 0.6 is 0 Å². The van der Waals surface area contributed by atoms with Gasteiger partial charge in [-0.05, 0) is 117 Å². The van der Waals surface area contributed by atoms with Crippen LogP contribution in [0.5, 0.6) is 34.5 Å². The van der Waals surface area contributed by atoms with Gasteiger partial charge in [-0.3, -0.25) is 0 Å². The molecule has 4 atom stereocenters. The van der Waals surface area contributed by atoms with Crippen LogP contribution in [-0.4, -0.2) is 87.5 Å². The summed E-state index contributed by atoms with van der Waals surface area (Å²) in [7, 11) is 0. The molecule has 2 fully saturated rings. The molecule has 11 rings (SSSR count). The van der Waals surface area contributed by atoms with E-state index in [0.717, 1.165) is 57.4 Å². The highest BCUT2D eigenvalue weighted by atomic mass is 16.6. The molecule has 8 aromatic rings. The van der Waals surface area contributed by atoms with Crippen LogP contribution in [0, 0.1) is 0 Å².